The Hall–Kier alpha value is -5.52. The molecule has 0 saturated carbocycles. The highest BCUT2D eigenvalue weighted by Gasteiger charge is 2.21. The largest absolute Gasteiger partial charge is 0.508 e. The average molecular weight is 512 g/mol. The fourth-order valence-corrected chi connectivity index (χ4v) is 3.53. The molecule has 0 amide bonds. The van der Waals surface area contributed by atoms with Crippen LogP contribution in [-0.2, 0) is 6.42 Å². The van der Waals surface area contributed by atoms with Gasteiger partial charge in [0.05, 0.1) is 32.6 Å². The van der Waals surface area contributed by atoms with Crippen LogP contribution in [0.3, 0.4) is 0 Å². The van der Waals surface area contributed by atoms with Crippen LogP contribution in [0.15, 0.2) is 99.3 Å². The quantitative estimate of drug-likeness (QED) is 0.139. The Morgan fingerprint density at radius 2 is 1.05 bits per heavy atom. The normalized spacial score (nSPS) is 11.3. The summed E-state index contributed by atoms with van der Waals surface area (Å²) < 4.78 is 0. The van der Waals surface area contributed by atoms with Crippen LogP contribution < -0.4 is 0 Å². The van der Waals surface area contributed by atoms with E-state index in [2.05, 4.69) is 20.5 Å². The van der Waals surface area contributed by atoms with Gasteiger partial charge in [0.1, 0.15) is 11.5 Å². The van der Waals surface area contributed by atoms with E-state index in [1.807, 2.05) is 0 Å². The molecule has 38 heavy (non-hydrogen) atoms. The molecule has 0 atom stereocenters. The van der Waals surface area contributed by atoms with Crippen molar-refractivity contribution in [1.82, 2.24) is 0 Å². The second-order valence-electron chi connectivity index (χ2n) is 8.20. The van der Waals surface area contributed by atoms with Crippen molar-refractivity contribution in [3.8, 4) is 11.5 Å². The van der Waals surface area contributed by atoms with Crippen LogP contribution in [0.4, 0.5) is 34.1 Å². The Balaban J connectivity index is 1.59. The predicted molar refractivity (Wildman–Crippen MR) is 138 cm³/mol. The van der Waals surface area contributed by atoms with Gasteiger partial charge in [-0.3, -0.25) is 20.2 Å². The molecule has 0 aliphatic rings. The lowest BCUT2D eigenvalue weighted by Gasteiger charge is -2.06. The van der Waals surface area contributed by atoms with Crippen molar-refractivity contribution < 1.29 is 20.1 Å². The molecule has 4 aromatic rings. The average Bonchev–Trinajstić information content (AvgIpc) is 2.90. The number of aryl methyl sites for hydroxylation is 1. The molecule has 4 rings (SSSR count). The summed E-state index contributed by atoms with van der Waals surface area (Å²) >= 11 is 0. The topological polar surface area (TPSA) is 176 Å². The predicted octanol–water partition coefficient (Wildman–Crippen LogP) is 7.64. The maximum atomic E-state index is 11.8. The summed E-state index contributed by atoms with van der Waals surface area (Å²) in [6, 6.07) is 19.1. The van der Waals surface area contributed by atoms with Gasteiger partial charge in [0.25, 0.3) is 11.4 Å². The fraction of sp³-hybridized carbons (Fsp3) is 0.0769. The van der Waals surface area contributed by atoms with Gasteiger partial charge in [0, 0.05) is 29.7 Å². The number of nitro groups is 2. The van der Waals surface area contributed by atoms with E-state index < -0.39 is 9.85 Å². The smallest absolute Gasteiger partial charge is 0.275 e. The molecule has 0 radical (unpaired) electrons. The van der Waals surface area contributed by atoms with Crippen molar-refractivity contribution in [2.45, 2.75) is 13.3 Å². The Labute approximate surface area is 215 Å². The molecule has 12 heteroatoms. The van der Waals surface area contributed by atoms with Crippen LogP contribution in [0.2, 0.25) is 0 Å². The third-order valence-corrected chi connectivity index (χ3v) is 5.50. The van der Waals surface area contributed by atoms with Gasteiger partial charge in [-0.2, -0.15) is 20.5 Å². The van der Waals surface area contributed by atoms with Gasteiger partial charge in [0.2, 0.25) is 0 Å². The number of phenolic OH excluding ortho intramolecular Hbond substituents is 2. The summed E-state index contributed by atoms with van der Waals surface area (Å²) in [5.74, 6) is 0.188. The van der Waals surface area contributed by atoms with Gasteiger partial charge in [-0.1, -0.05) is 0 Å². The van der Waals surface area contributed by atoms with Crippen molar-refractivity contribution in [2.75, 3.05) is 0 Å². The van der Waals surface area contributed by atoms with E-state index >= 15 is 0 Å². The Bertz CT molecular complexity index is 1580. The zero-order valence-electron chi connectivity index (χ0n) is 19.9. The van der Waals surface area contributed by atoms with Crippen molar-refractivity contribution in [3.63, 3.8) is 0 Å². The molecule has 0 aromatic heterocycles. The van der Waals surface area contributed by atoms with Crippen LogP contribution in [0.1, 0.15) is 16.7 Å². The lowest BCUT2D eigenvalue weighted by Crippen LogP contribution is -2.00. The Morgan fingerprint density at radius 1 is 0.632 bits per heavy atom. The minimum Gasteiger partial charge on any atom is -0.508 e. The summed E-state index contributed by atoms with van der Waals surface area (Å²) in [6.07, 6.45) is -0.0728. The summed E-state index contributed by atoms with van der Waals surface area (Å²) in [4.78, 5) is 22.3. The molecular formula is C26H20N6O6. The Morgan fingerprint density at radius 3 is 1.53 bits per heavy atom. The maximum Gasteiger partial charge on any atom is 0.275 e. The summed E-state index contributed by atoms with van der Waals surface area (Å²) in [7, 11) is 0. The van der Waals surface area contributed by atoms with Crippen molar-refractivity contribution in [2.24, 2.45) is 20.5 Å². The number of phenols is 2. The molecule has 0 aliphatic carbocycles. The lowest BCUT2D eigenvalue weighted by atomic mass is 10.0. The standard InChI is InChI=1S/C26H20N6O6/c1-16-12-20(8-11-26(16)34)28-30-22-5-3-18(25(15-22)32(37)38)13-17-2-4-21(14-24(17)31(35)36)29-27-19-6-9-23(33)10-7-19/h2-12,14-15,33-34H,13H2,1H3. The molecule has 0 saturated heterocycles. The second-order valence-corrected chi connectivity index (χ2v) is 8.20. The lowest BCUT2D eigenvalue weighted by molar-refractivity contribution is -0.386. The van der Waals surface area contributed by atoms with E-state index in [9.17, 15) is 30.4 Å². The van der Waals surface area contributed by atoms with E-state index in [1.54, 1.807) is 19.1 Å². The van der Waals surface area contributed by atoms with Gasteiger partial charge in [-0.15, -0.1) is 0 Å². The number of hydrogen-bond donors (Lipinski definition) is 2. The zero-order chi connectivity index (χ0) is 27.2. The third-order valence-electron chi connectivity index (χ3n) is 5.50. The number of azo groups is 2. The van der Waals surface area contributed by atoms with E-state index in [4.69, 9.17) is 0 Å². The highest BCUT2D eigenvalue weighted by Crippen LogP contribution is 2.33. The molecule has 12 nitrogen and oxygen atoms in total. The van der Waals surface area contributed by atoms with Crippen LogP contribution in [0, 0.1) is 27.2 Å². The number of nitrogens with zero attached hydrogens (tertiary/aromatic N) is 6. The molecule has 4 aromatic carbocycles. The highest BCUT2D eigenvalue weighted by atomic mass is 16.6. The second kappa shape index (κ2) is 11.0. The number of nitro benzene ring substituents is 2. The first kappa shape index (κ1) is 25.6. The summed E-state index contributed by atoms with van der Waals surface area (Å²) in [6.45, 7) is 1.71. The maximum absolute atomic E-state index is 11.8. The first-order valence-electron chi connectivity index (χ1n) is 11.2. The van der Waals surface area contributed by atoms with E-state index in [0.29, 0.717) is 16.9 Å². The SMILES string of the molecule is Cc1cc(N=Nc2ccc(Cc3ccc(N=Nc4ccc(O)cc4)cc3[N+](=O)[O-])c([N+](=O)[O-])c2)ccc1O. The highest BCUT2D eigenvalue weighted by molar-refractivity contribution is 5.58. The first-order valence-corrected chi connectivity index (χ1v) is 11.2. The van der Waals surface area contributed by atoms with Crippen LogP contribution in [-0.4, -0.2) is 20.1 Å². The molecular weight excluding hydrogens is 492 g/mol. The van der Waals surface area contributed by atoms with E-state index in [0.717, 1.165) is 0 Å². The van der Waals surface area contributed by atoms with Crippen LogP contribution in [0.25, 0.3) is 0 Å². The molecule has 0 aliphatic heterocycles. The van der Waals surface area contributed by atoms with Gasteiger partial charge in [0.15, 0.2) is 0 Å². The zero-order valence-corrected chi connectivity index (χ0v) is 19.9. The Kier molecular flexibility index (Phi) is 7.43. The molecule has 0 fully saturated rings. The molecule has 0 unspecified atom stereocenters. The van der Waals surface area contributed by atoms with Crippen LogP contribution in [0.5, 0.6) is 11.5 Å². The number of benzene rings is 4. The molecule has 0 bridgehead atoms. The number of rotatable bonds is 8. The first-order chi connectivity index (χ1) is 18.2. The number of aromatic hydroxyl groups is 2. The molecule has 0 heterocycles. The van der Waals surface area contributed by atoms with Crippen LogP contribution >= 0.6 is 0 Å². The third kappa shape index (κ3) is 6.18. The van der Waals surface area contributed by atoms with E-state index in [-0.39, 0.29) is 51.8 Å². The monoisotopic (exact) mass is 512 g/mol. The van der Waals surface area contributed by atoms with Crippen molar-refractivity contribution >= 4 is 34.1 Å². The molecule has 0 spiro atoms. The minimum atomic E-state index is -0.580. The van der Waals surface area contributed by atoms with Gasteiger partial charge in [-0.25, -0.2) is 0 Å². The van der Waals surface area contributed by atoms with E-state index in [1.165, 1.54) is 66.7 Å². The van der Waals surface area contributed by atoms with Crippen molar-refractivity contribution in [3.05, 3.63) is 116 Å². The van der Waals surface area contributed by atoms with Gasteiger partial charge in [-0.05, 0) is 79.2 Å². The number of hydrogen-bond acceptors (Lipinski definition) is 10. The van der Waals surface area contributed by atoms with Gasteiger partial charge >= 0.3 is 0 Å². The molecule has 2 N–H and O–H groups in total. The summed E-state index contributed by atoms with van der Waals surface area (Å²) in [5.41, 5.74) is 1.98. The van der Waals surface area contributed by atoms with Gasteiger partial charge < -0.3 is 10.2 Å². The summed E-state index contributed by atoms with van der Waals surface area (Å²) in [5, 5.41) is 58.6. The molecule has 190 valence electrons. The van der Waals surface area contributed by atoms with Crippen molar-refractivity contribution in [1.29, 1.82) is 0 Å². The minimum absolute atomic E-state index is 0.0709. The fourth-order valence-electron chi connectivity index (χ4n) is 3.53.